The predicted molar refractivity (Wildman–Crippen MR) is 60.1 cm³/mol. The molecule has 1 aromatic carbocycles. The molecule has 0 fully saturated rings. The smallest absolute Gasteiger partial charge is 0.319 e. The molecule has 0 aromatic heterocycles. The Balaban J connectivity index is 2.84. The molecule has 0 bridgehead atoms. The number of hydrogen-bond acceptors (Lipinski definition) is 2. The van der Waals surface area contributed by atoms with Gasteiger partial charge in [-0.1, -0.05) is 0 Å². The number of carbonyl (C=O) groups is 2. The van der Waals surface area contributed by atoms with E-state index in [1.54, 1.807) is 5.32 Å². The molecule has 1 unspecified atom stereocenters. The number of rotatable bonds is 4. The van der Waals surface area contributed by atoms with Crippen molar-refractivity contribution < 1.29 is 32.3 Å². The van der Waals surface area contributed by atoms with Crippen molar-refractivity contribution in [1.82, 2.24) is 5.32 Å². The first kappa shape index (κ1) is 15.7. The summed E-state index contributed by atoms with van der Waals surface area (Å²) in [7, 11) is 0. The van der Waals surface area contributed by atoms with Crippen molar-refractivity contribution in [1.29, 1.82) is 0 Å². The summed E-state index contributed by atoms with van der Waals surface area (Å²) < 4.78 is 52.2. The molecule has 9 heteroatoms. The number of anilines is 1. The maximum atomic E-state index is 13.2. The second-order valence-corrected chi connectivity index (χ2v) is 3.94. The van der Waals surface area contributed by atoms with E-state index in [9.17, 15) is 27.2 Å². The molecule has 0 aliphatic rings. The molecule has 0 saturated heterocycles. The lowest BCUT2D eigenvalue weighted by Gasteiger charge is -2.13. The van der Waals surface area contributed by atoms with Crippen molar-refractivity contribution in [3.63, 3.8) is 0 Å². The summed E-state index contributed by atoms with van der Waals surface area (Å²) in [5, 5.41) is 12.1. The first-order valence-electron chi connectivity index (χ1n) is 5.34. The number of urea groups is 1. The van der Waals surface area contributed by atoms with Crippen LogP contribution in [0, 0.1) is 23.3 Å². The zero-order valence-electron chi connectivity index (χ0n) is 10.1. The summed E-state index contributed by atoms with van der Waals surface area (Å²) in [6.07, 6.45) is -0.435. The Kier molecular flexibility index (Phi) is 4.89. The van der Waals surface area contributed by atoms with Crippen molar-refractivity contribution in [3.8, 4) is 0 Å². The Morgan fingerprint density at radius 2 is 1.70 bits per heavy atom. The van der Waals surface area contributed by atoms with Gasteiger partial charge in [-0.3, -0.25) is 4.79 Å². The molecular weight excluding hydrogens is 284 g/mol. The van der Waals surface area contributed by atoms with Gasteiger partial charge in [0.05, 0.1) is 6.42 Å². The number of carboxylic acid groups (broad SMARTS) is 1. The molecule has 0 spiro atoms. The molecule has 0 aliphatic carbocycles. The molecule has 0 radical (unpaired) electrons. The highest BCUT2D eigenvalue weighted by Crippen LogP contribution is 2.23. The maximum Gasteiger partial charge on any atom is 0.319 e. The van der Waals surface area contributed by atoms with Gasteiger partial charge in [0.25, 0.3) is 0 Å². The second-order valence-electron chi connectivity index (χ2n) is 3.94. The average molecular weight is 294 g/mol. The highest BCUT2D eigenvalue weighted by molar-refractivity contribution is 5.90. The highest BCUT2D eigenvalue weighted by atomic mass is 19.2. The van der Waals surface area contributed by atoms with Gasteiger partial charge < -0.3 is 15.7 Å². The third-order valence-corrected chi connectivity index (χ3v) is 2.21. The number of aliphatic carboxylic acids is 1. The Bertz CT molecular complexity index is 525. The Labute approximate surface area is 110 Å². The van der Waals surface area contributed by atoms with E-state index < -0.39 is 53.4 Å². The van der Waals surface area contributed by atoms with Crippen molar-refractivity contribution in [2.75, 3.05) is 5.32 Å². The molecule has 20 heavy (non-hydrogen) atoms. The molecule has 110 valence electrons. The van der Waals surface area contributed by atoms with Gasteiger partial charge in [0.1, 0.15) is 5.69 Å². The van der Waals surface area contributed by atoms with Crippen molar-refractivity contribution in [2.45, 2.75) is 19.4 Å². The van der Waals surface area contributed by atoms with Crippen LogP contribution in [0.1, 0.15) is 13.3 Å². The van der Waals surface area contributed by atoms with E-state index in [0.717, 1.165) is 0 Å². The number of carbonyl (C=O) groups excluding carboxylic acids is 1. The molecule has 1 aromatic rings. The molecule has 5 nitrogen and oxygen atoms in total. The van der Waals surface area contributed by atoms with Crippen LogP contribution in [-0.2, 0) is 4.79 Å². The van der Waals surface area contributed by atoms with Crippen LogP contribution < -0.4 is 10.6 Å². The fraction of sp³-hybridized carbons (Fsp3) is 0.273. The van der Waals surface area contributed by atoms with Gasteiger partial charge in [-0.15, -0.1) is 0 Å². The van der Waals surface area contributed by atoms with Crippen molar-refractivity contribution in [3.05, 3.63) is 29.3 Å². The van der Waals surface area contributed by atoms with Crippen LogP contribution in [0.15, 0.2) is 6.07 Å². The molecule has 0 heterocycles. The van der Waals surface area contributed by atoms with Crippen LogP contribution in [0.4, 0.5) is 28.0 Å². The lowest BCUT2D eigenvalue weighted by molar-refractivity contribution is -0.137. The van der Waals surface area contributed by atoms with Gasteiger partial charge in [-0.2, -0.15) is 0 Å². The summed E-state index contributed by atoms with van der Waals surface area (Å²) >= 11 is 0. The van der Waals surface area contributed by atoms with E-state index in [4.69, 9.17) is 5.11 Å². The standard InChI is InChI=1S/C11H10F4N2O3/c1-4(2-7(18)19)16-11(20)17-10-8(14)5(12)3-6(13)9(10)15/h3-4H,2H2,1H3,(H,18,19)(H2,16,17,20). The lowest BCUT2D eigenvalue weighted by Crippen LogP contribution is -2.37. The van der Waals surface area contributed by atoms with Gasteiger partial charge in [-0.05, 0) is 6.92 Å². The minimum Gasteiger partial charge on any atom is -0.481 e. The summed E-state index contributed by atoms with van der Waals surface area (Å²) in [5.74, 6) is -8.06. The first-order chi connectivity index (χ1) is 9.22. The zero-order chi connectivity index (χ0) is 15.4. The molecule has 1 rings (SSSR count). The molecular formula is C11H10F4N2O3. The van der Waals surface area contributed by atoms with E-state index >= 15 is 0 Å². The quantitative estimate of drug-likeness (QED) is 0.588. The number of benzene rings is 1. The number of hydrogen-bond donors (Lipinski definition) is 3. The van der Waals surface area contributed by atoms with Crippen LogP contribution in [0.5, 0.6) is 0 Å². The van der Waals surface area contributed by atoms with Crippen LogP contribution in [0.3, 0.4) is 0 Å². The van der Waals surface area contributed by atoms with Crippen molar-refractivity contribution >= 4 is 17.7 Å². The summed E-state index contributed by atoms with van der Waals surface area (Å²) in [4.78, 5) is 21.7. The van der Waals surface area contributed by atoms with Crippen molar-refractivity contribution in [2.24, 2.45) is 0 Å². The topological polar surface area (TPSA) is 78.4 Å². The minimum absolute atomic E-state index is 0.000798. The second kappa shape index (κ2) is 6.22. The Hall–Kier alpha value is -2.32. The Morgan fingerprint density at radius 1 is 1.20 bits per heavy atom. The average Bonchev–Trinajstić information content (AvgIpc) is 2.31. The van der Waals surface area contributed by atoms with E-state index in [1.807, 2.05) is 5.32 Å². The number of nitrogens with one attached hydrogen (secondary N) is 2. The fourth-order valence-corrected chi connectivity index (χ4v) is 1.37. The van der Waals surface area contributed by atoms with Crippen LogP contribution >= 0.6 is 0 Å². The van der Waals surface area contributed by atoms with Crippen LogP contribution in [0.25, 0.3) is 0 Å². The molecule has 0 aliphatic heterocycles. The molecule has 1 atom stereocenters. The van der Waals surface area contributed by atoms with E-state index in [2.05, 4.69) is 0 Å². The van der Waals surface area contributed by atoms with Crippen LogP contribution in [-0.4, -0.2) is 23.1 Å². The number of amides is 2. The van der Waals surface area contributed by atoms with E-state index in [1.165, 1.54) is 6.92 Å². The van der Waals surface area contributed by atoms with E-state index in [-0.39, 0.29) is 6.07 Å². The van der Waals surface area contributed by atoms with Gasteiger partial charge >= 0.3 is 12.0 Å². The molecule has 3 N–H and O–H groups in total. The van der Waals surface area contributed by atoms with Gasteiger partial charge in [-0.25, -0.2) is 22.4 Å². The van der Waals surface area contributed by atoms with Gasteiger partial charge in [0, 0.05) is 12.1 Å². The maximum absolute atomic E-state index is 13.2. The number of carboxylic acids is 1. The minimum atomic E-state index is -1.76. The molecule has 0 saturated carbocycles. The summed E-state index contributed by atoms with van der Waals surface area (Å²) in [6, 6.07) is -2.04. The monoisotopic (exact) mass is 294 g/mol. The third-order valence-electron chi connectivity index (χ3n) is 2.21. The highest BCUT2D eigenvalue weighted by Gasteiger charge is 2.21. The largest absolute Gasteiger partial charge is 0.481 e. The lowest BCUT2D eigenvalue weighted by atomic mass is 10.2. The fourth-order valence-electron chi connectivity index (χ4n) is 1.37. The Morgan fingerprint density at radius 3 is 2.15 bits per heavy atom. The summed E-state index contributed by atoms with van der Waals surface area (Å²) in [5.41, 5.74) is -1.29. The number of halogens is 4. The normalized spacial score (nSPS) is 11.8. The first-order valence-corrected chi connectivity index (χ1v) is 5.34. The van der Waals surface area contributed by atoms with Gasteiger partial charge in [0.15, 0.2) is 23.3 Å². The summed E-state index contributed by atoms with van der Waals surface area (Å²) in [6.45, 7) is 1.33. The molecule has 2 amide bonds. The van der Waals surface area contributed by atoms with Gasteiger partial charge in [0.2, 0.25) is 0 Å². The van der Waals surface area contributed by atoms with E-state index in [0.29, 0.717) is 0 Å². The van der Waals surface area contributed by atoms with Crippen LogP contribution in [0.2, 0.25) is 0 Å². The predicted octanol–water partition coefficient (Wildman–Crippen LogP) is 2.23. The SMILES string of the molecule is CC(CC(=O)O)NC(=O)Nc1c(F)c(F)cc(F)c1F. The zero-order valence-corrected chi connectivity index (χ0v) is 10.1. The third kappa shape index (κ3) is 3.84.